The van der Waals surface area contributed by atoms with E-state index in [0.29, 0.717) is 0 Å². The third-order valence-electron chi connectivity index (χ3n) is 5.44. The summed E-state index contributed by atoms with van der Waals surface area (Å²) >= 11 is 0. The standard InChI is InChI=1S/C23H32N4O3/c1-4-30-23(29)20-16-21(27(25-20)19-8-6-5-7-9-19)22(28)24-18-11-14-26(15-12-18)13-10-17(2)3/h5-10,18,21H,4,11-16H2,1-3H3,(H,24,28). The summed E-state index contributed by atoms with van der Waals surface area (Å²) in [5.41, 5.74) is 2.40. The van der Waals surface area contributed by atoms with Crippen LogP contribution in [0.15, 0.2) is 47.1 Å². The largest absolute Gasteiger partial charge is 0.461 e. The van der Waals surface area contributed by atoms with Crippen LogP contribution in [0, 0.1) is 0 Å². The highest BCUT2D eigenvalue weighted by Crippen LogP contribution is 2.25. The number of benzene rings is 1. The lowest BCUT2D eigenvalue weighted by atomic mass is 10.0. The summed E-state index contributed by atoms with van der Waals surface area (Å²) in [7, 11) is 0. The van der Waals surface area contributed by atoms with Gasteiger partial charge < -0.3 is 10.1 Å². The fourth-order valence-corrected chi connectivity index (χ4v) is 3.74. The molecule has 30 heavy (non-hydrogen) atoms. The Kier molecular flexibility index (Phi) is 7.63. The fourth-order valence-electron chi connectivity index (χ4n) is 3.74. The summed E-state index contributed by atoms with van der Waals surface area (Å²) in [6.07, 6.45) is 4.33. The first kappa shape index (κ1) is 22.0. The van der Waals surface area contributed by atoms with E-state index in [9.17, 15) is 9.59 Å². The average Bonchev–Trinajstić information content (AvgIpc) is 3.20. The van der Waals surface area contributed by atoms with Crippen molar-refractivity contribution in [2.24, 2.45) is 5.10 Å². The van der Waals surface area contributed by atoms with Crippen molar-refractivity contribution in [2.45, 2.75) is 52.1 Å². The molecule has 0 radical (unpaired) electrons. The molecule has 0 aliphatic carbocycles. The molecule has 1 amide bonds. The van der Waals surface area contributed by atoms with Gasteiger partial charge in [0.1, 0.15) is 11.8 Å². The van der Waals surface area contributed by atoms with Gasteiger partial charge in [0.25, 0.3) is 0 Å². The molecular weight excluding hydrogens is 380 g/mol. The van der Waals surface area contributed by atoms with Crippen molar-refractivity contribution < 1.29 is 14.3 Å². The smallest absolute Gasteiger partial charge is 0.354 e. The van der Waals surface area contributed by atoms with E-state index in [2.05, 4.69) is 35.2 Å². The predicted molar refractivity (Wildman–Crippen MR) is 118 cm³/mol. The molecule has 1 aromatic carbocycles. The van der Waals surface area contributed by atoms with Crippen LogP contribution in [-0.4, -0.2) is 60.8 Å². The number of carbonyl (C=O) groups is 2. The Morgan fingerprint density at radius 1 is 1.20 bits per heavy atom. The molecule has 7 heteroatoms. The third kappa shape index (κ3) is 5.69. The van der Waals surface area contributed by atoms with E-state index in [0.717, 1.165) is 38.2 Å². The van der Waals surface area contributed by atoms with Gasteiger partial charge in [-0.05, 0) is 45.7 Å². The van der Waals surface area contributed by atoms with Gasteiger partial charge >= 0.3 is 5.97 Å². The van der Waals surface area contributed by atoms with Gasteiger partial charge in [0.05, 0.1) is 12.3 Å². The van der Waals surface area contributed by atoms with E-state index in [-0.39, 0.29) is 30.7 Å². The van der Waals surface area contributed by atoms with Gasteiger partial charge in [0.15, 0.2) is 0 Å². The minimum Gasteiger partial charge on any atom is -0.461 e. The Bertz CT molecular complexity index is 794. The Labute approximate surface area is 178 Å². The lowest BCUT2D eigenvalue weighted by Gasteiger charge is -2.33. The minimum absolute atomic E-state index is 0.0929. The second-order valence-corrected chi connectivity index (χ2v) is 8.03. The fraction of sp³-hybridized carbons (Fsp3) is 0.522. The summed E-state index contributed by atoms with van der Waals surface area (Å²) in [5.74, 6) is -0.550. The number of hydrazone groups is 1. The lowest BCUT2D eigenvalue weighted by Crippen LogP contribution is -2.50. The summed E-state index contributed by atoms with van der Waals surface area (Å²) in [5, 5.41) is 9.26. The van der Waals surface area contributed by atoms with Gasteiger partial charge in [-0.25, -0.2) is 4.79 Å². The highest BCUT2D eigenvalue weighted by Gasteiger charge is 2.37. The molecule has 1 saturated heterocycles. The van der Waals surface area contributed by atoms with Crippen molar-refractivity contribution in [3.05, 3.63) is 42.0 Å². The lowest BCUT2D eigenvalue weighted by molar-refractivity contribution is -0.135. The van der Waals surface area contributed by atoms with Crippen LogP contribution >= 0.6 is 0 Å². The number of anilines is 1. The van der Waals surface area contributed by atoms with Gasteiger partial charge in [-0.1, -0.05) is 29.8 Å². The molecule has 2 heterocycles. The molecule has 0 saturated carbocycles. The van der Waals surface area contributed by atoms with E-state index in [1.54, 1.807) is 11.9 Å². The molecule has 1 aromatic rings. The van der Waals surface area contributed by atoms with E-state index >= 15 is 0 Å². The molecule has 0 spiro atoms. The Hall–Kier alpha value is -2.67. The van der Waals surface area contributed by atoms with Crippen molar-refractivity contribution in [2.75, 3.05) is 31.3 Å². The van der Waals surface area contributed by atoms with Crippen LogP contribution in [0.3, 0.4) is 0 Å². The zero-order valence-electron chi connectivity index (χ0n) is 18.1. The number of allylic oxidation sites excluding steroid dienone is 1. The minimum atomic E-state index is -0.546. The van der Waals surface area contributed by atoms with Gasteiger partial charge in [-0.3, -0.25) is 14.7 Å². The molecule has 3 rings (SSSR count). The molecule has 7 nitrogen and oxygen atoms in total. The predicted octanol–water partition coefficient (Wildman–Crippen LogP) is 2.73. The third-order valence-corrected chi connectivity index (χ3v) is 5.44. The average molecular weight is 413 g/mol. The van der Waals surface area contributed by atoms with Crippen LogP contribution in [-0.2, 0) is 14.3 Å². The van der Waals surface area contributed by atoms with E-state index in [1.807, 2.05) is 30.3 Å². The maximum Gasteiger partial charge on any atom is 0.354 e. The number of nitrogens with zero attached hydrogens (tertiary/aromatic N) is 3. The molecule has 1 atom stereocenters. The zero-order chi connectivity index (χ0) is 21.5. The number of likely N-dealkylation sites (tertiary alicyclic amines) is 1. The number of hydrogen-bond acceptors (Lipinski definition) is 6. The van der Waals surface area contributed by atoms with Crippen LogP contribution in [0.4, 0.5) is 5.69 Å². The van der Waals surface area contributed by atoms with Crippen molar-refractivity contribution in [3.8, 4) is 0 Å². The van der Waals surface area contributed by atoms with Crippen LogP contribution in [0.2, 0.25) is 0 Å². The summed E-state index contributed by atoms with van der Waals surface area (Å²) < 4.78 is 5.10. The number of amides is 1. The van der Waals surface area contributed by atoms with Crippen LogP contribution in [0.5, 0.6) is 0 Å². The Balaban J connectivity index is 1.63. The molecule has 2 aliphatic heterocycles. The summed E-state index contributed by atoms with van der Waals surface area (Å²) in [4.78, 5) is 27.7. The van der Waals surface area contributed by atoms with E-state index in [4.69, 9.17) is 4.74 Å². The molecule has 2 aliphatic rings. The first-order valence-electron chi connectivity index (χ1n) is 10.7. The zero-order valence-corrected chi connectivity index (χ0v) is 18.1. The van der Waals surface area contributed by atoms with Crippen molar-refractivity contribution in [1.82, 2.24) is 10.2 Å². The number of para-hydroxylation sites is 1. The quantitative estimate of drug-likeness (QED) is 0.551. The van der Waals surface area contributed by atoms with Crippen LogP contribution in [0.1, 0.15) is 40.0 Å². The number of piperidine rings is 1. The van der Waals surface area contributed by atoms with Crippen LogP contribution < -0.4 is 10.3 Å². The molecular formula is C23H32N4O3. The molecule has 1 unspecified atom stereocenters. The highest BCUT2D eigenvalue weighted by molar-refractivity contribution is 6.38. The number of hydrogen-bond donors (Lipinski definition) is 1. The Morgan fingerprint density at radius 3 is 2.53 bits per heavy atom. The second-order valence-electron chi connectivity index (χ2n) is 8.03. The number of esters is 1. The first-order valence-corrected chi connectivity index (χ1v) is 10.7. The number of nitrogens with one attached hydrogen (secondary N) is 1. The molecule has 1 N–H and O–H groups in total. The van der Waals surface area contributed by atoms with Gasteiger partial charge in [-0.15, -0.1) is 0 Å². The van der Waals surface area contributed by atoms with Crippen LogP contribution in [0.25, 0.3) is 0 Å². The molecule has 0 aromatic heterocycles. The number of carbonyl (C=O) groups excluding carboxylic acids is 2. The first-order chi connectivity index (χ1) is 14.5. The Morgan fingerprint density at radius 2 is 1.90 bits per heavy atom. The summed E-state index contributed by atoms with van der Waals surface area (Å²) in [6.45, 7) is 9.16. The molecule has 1 fully saturated rings. The topological polar surface area (TPSA) is 74.2 Å². The van der Waals surface area contributed by atoms with Crippen molar-refractivity contribution in [3.63, 3.8) is 0 Å². The van der Waals surface area contributed by atoms with E-state index < -0.39 is 12.0 Å². The maximum absolute atomic E-state index is 13.1. The summed E-state index contributed by atoms with van der Waals surface area (Å²) in [6, 6.07) is 9.07. The maximum atomic E-state index is 13.1. The van der Waals surface area contributed by atoms with E-state index in [1.165, 1.54) is 5.57 Å². The van der Waals surface area contributed by atoms with Crippen molar-refractivity contribution in [1.29, 1.82) is 0 Å². The molecule has 162 valence electrons. The highest BCUT2D eigenvalue weighted by atomic mass is 16.5. The van der Waals surface area contributed by atoms with Crippen molar-refractivity contribution >= 4 is 23.3 Å². The monoisotopic (exact) mass is 412 g/mol. The SMILES string of the molecule is CCOC(=O)C1=NN(c2ccccc2)C(C(=O)NC2CCN(CC=C(C)C)CC2)C1. The van der Waals surface area contributed by atoms with Gasteiger partial charge in [0, 0.05) is 32.1 Å². The molecule has 0 bridgehead atoms. The number of rotatable bonds is 7. The second kappa shape index (κ2) is 10.4. The van der Waals surface area contributed by atoms with Gasteiger partial charge in [0.2, 0.25) is 5.91 Å². The number of ether oxygens (including phenoxy) is 1. The van der Waals surface area contributed by atoms with Gasteiger partial charge in [-0.2, -0.15) is 5.10 Å². The normalized spacial score (nSPS) is 19.9.